The molecule has 0 amide bonds. The molecule has 4 aromatic rings. The van der Waals surface area contributed by atoms with Crippen LogP contribution in [-0.2, 0) is 6.18 Å². The van der Waals surface area contributed by atoms with Crippen LogP contribution in [0.5, 0.6) is 5.75 Å². The van der Waals surface area contributed by atoms with Gasteiger partial charge in [-0.2, -0.15) is 13.2 Å². The molecule has 1 saturated heterocycles. The molecule has 11 heteroatoms. The first kappa shape index (κ1) is 26.2. The van der Waals surface area contributed by atoms with Crippen LogP contribution in [0, 0.1) is 0 Å². The predicted molar refractivity (Wildman–Crippen MR) is 146 cm³/mol. The van der Waals surface area contributed by atoms with Gasteiger partial charge >= 0.3 is 6.18 Å². The van der Waals surface area contributed by atoms with Crippen LogP contribution in [0.2, 0.25) is 0 Å². The fraction of sp³-hybridized carbons (Fsp3) is 0.250. The number of anilines is 4. The van der Waals surface area contributed by atoms with Gasteiger partial charge in [-0.25, -0.2) is 15.0 Å². The molecule has 39 heavy (non-hydrogen) atoms. The molecule has 0 saturated carbocycles. The molecule has 2 aromatic carbocycles. The molecular formula is C28H28F3N7O. The molecule has 0 bridgehead atoms. The number of rotatable bonds is 6. The number of methoxy groups -OCH3 is 1. The SMILES string of the molecule is COc1cc(N2CCN(C)CC2)ccc1-c1c(N)ncc(C(F)(F)F)c1Nc1ccccc1-c1ncccn1. The van der Waals surface area contributed by atoms with E-state index in [0.717, 1.165) is 38.1 Å². The van der Waals surface area contributed by atoms with Gasteiger partial charge < -0.3 is 25.6 Å². The number of aromatic nitrogens is 3. The van der Waals surface area contributed by atoms with E-state index >= 15 is 0 Å². The van der Waals surface area contributed by atoms with Gasteiger partial charge in [-0.05, 0) is 37.4 Å². The highest BCUT2D eigenvalue weighted by Crippen LogP contribution is 2.47. The number of halogens is 3. The van der Waals surface area contributed by atoms with Gasteiger partial charge in [0.05, 0.1) is 23.9 Å². The topological polar surface area (TPSA) is 92.4 Å². The lowest BCUT2D eigenvalue weighted by atomic mass is 9.98. The summed E-state index contributed by atoms with van der Waals surface area (Å²) in [5.74, 6) is 0.693. The molecule has 0 radical (unpaired) electrons. The zero-order valence-corrected chi connectivity index (χ0v) is 21.5. The average molecular weight is 536 g/mol. The predicted octanol–water partition coefficient (Wildman–Crippen LogP) is 5.31. The van der Waals surface area contributed by atoms with E-state index in [4.69, 9.17) is 10.5 Å². The summed E-state index contributed by atoms with van der Waals surface area (Å²) in [5.41, 5.74) is 7.40. The van der Waals surface area contributed by atoms with Gasteiger partial charge in [0.1, 0.15) is 11.6 Å². The summed E-state index contributed by atoms with van der Waals surface area (Å²) in [6.45, 7) is 3.48. The Kier molecular flexibility index (Phi) is 7.25. The zero-order valence-electron chi connectivity index (χ0n) is 21.5. The Morgan fingerprint density at radius 2 is 1.64 bits per heavy atom. The number of ether oxygens (including phenoxy) is 1. The van der Waals surface area contributed by atoms with Crippen molar-refractivity contribution in [2.75, 3.05) is 56.3 Å². The first-order valence-corrected chi connectivity index (χ1v) is 12.4. The monoisotopic (exact) mass is 535 g/mol. The molecule has 1 aliphatic rings. The largest absolute Gasteiger partial charge is 0.496 e. The Morgan fingerprint density at radius 1 is 0.923 bits per heavy atom. The molecule has 5 rings (SSSR count). The summed E-state index contributed by atoms with van der Waals surface area (Å²) >= 11 is 0. The number of nitrogens with zero attached hydrogens (tertiary/aromatic N) is 5. The second kappa shape index (κ2) is 10.8. The maximum absolute atomic E-state index is 14.3. The Morgan fingerprint density at radius 3 is 2.33 bits per heavy atom. The molecule has 8 nitrogen and oxygen atoms in total. The van der Waals surface area contributed by atoms with E-state index in [2.05, 4.69) is 37.1 Å². The Balaban J connectivity index is 1.65. The molecule has 202 valence electrons. The molecule has 3 heterocycles. The number of alkyl halides is 3. The number of nitrogens with two attached hydrogens (primary N) is 1. The lowest BCUT2D eigenvalue weighted by Crippen LogP contribution is -2.44. The van der Waals surface area contributed by atoms with Gasteiger partial charge in [-0.1, -0.05) is 12.1 Å². The van der Waals surface area contributed by atoms with Gasteiger partial charge in [-0.3, -0.25) is 0 Å². The van der Waals surface area contributed by atoms with Gasteiger partial charge in [0, 0.05) is 73.3 Å². The van der Waals surface area contributed by atoms with Gasteiger partial charge in [0.15, 0.2) is 5.82 Å². The number of hydrogen-bond acceptors (Lipinski definition) is 8. The Hall–Kier alpha value is -4.38. The van der Waals surface area contributed by atoms with Crippen LogP contribution in [0.3, 0.4) is 0 Å². The van der Waals surface area contributed by atoms with Crippen LogP contribution in [0.15, 0.2) is 67.1 Å². The van der Waals surface area contributed by atoms with Crippen LogP contribution < -0.4 is 20.7 Å². The highest BCUT2D eigenvalue weighted by Gasteiger charge is 2.37. The van der Waals surface area contributed by atoms with Crippen LogP contribution in [0.4, 0.5) is 36.1 Å². The third-order valence-corrected chi connectivity index (χ3v) is 6.73. The minimum Gasteiger partial charge on any atom is -0.496 e. The van der Waals surface area contributed by atoms with Gasteiger partial charge in [-0.15, -0.1) is 0 Å². The lowest BCUT2D eigenvalue weighted by Gasteiger charge is -2.34. The number of benzene rings is 2. The van der Waals surface area contributed by atoms with Crippen molar-refractivity contribution in [2.45, 2.75) is 6.18 Å². The summed E-state index contributed by atoms with van der Waals surface area (Å²) < 4.78 is 48.7. The average Bonchev–Trinajstić information content (AvgIpc) is 2.93. The molecule has 1 aliphatic heterocycles. The van der Waals surface area contributed by atoms with E-state index in [1.54, 1.807) is 48.8 Å². The van der Waals surface area contributed by atoms with E-state index in [9.17, 15) is 13.2 Å². The van der Waals surface area contributed by atoms with Crippen molar-refractivity contribution in [1.29, 1.82) is 0 Å². The molecule has 0 aliphatic carbocycles. The number of hydrogen-bond donors (Lipinski definition) is 2. The van der Waals surface area contributed by atoms with Crippen LogP contribution in [0.1, 0.15) is 5.56 Å². The van der Waals surface area contributed by atoms with Crippen molar-refractivity contribution in [2.24, 2.45) is 0 Å². The first-order valence-electron chi connectivity index (χ1n) is 12.4. The molecule has 0 spiro atoms. The Labute approximate surface area is 224 Å². The van der Waals surface area contributed by atoms with Crippen molar-refractivity contribution < 1.29 is 17.9 Å². The Bertz CT molecular complexity index is 1460. The standard InChI is InChI=1S/C28H28F3N7O/c1-37-12-14-38(15-13-37)18-8-9-20(23(16-18)39-2)24-25(21(28(29,30)31)17-35-26(24)32)36-22-7-4-3-6-19(22)27-33-10-5-11-34-27/h3-11,16-17H,12-15H2,1-2H3,(H3,32,35,36). The van der Waals surface area contributed by atoms with E-state index in [1.165, 1.54) is 7.11 Å². The number of piperazine rings is 1. The minimum atomic E-state index is -4.71. The van der Waals surface area contributed by atoms with Crippen molar-refractivity contribution in [3.63, 3.8) is 0 Å². The summed E-state index contributed by atoms with van der Waals surface area (Å²) in [6, 6.07) is 14.0. The number of para-hydroxylation sites is 1. The number of pyridine rings is 1. The number of nitrogen functional groups attached to an aromatic ring is 1. The third kappa shape index (κ3) is 5.44. The highest BCUT2D eigenvalue weighted by molar-refractivity contribution is 5.94. The summed E-state index contributed by atoms with van der Waals surface area (Å²) in [7, 11) is 3.56. The normalized spacial score (nSPS) is 14.3. The van der Waals surface area contributed by atoms with Gasteiger partial charge in [0.25, 0.3) is 0 Å². The zero-order chi connectivity index (χ0) is 27.6. The molecule has 3 N–H and O–H groups in total. The van der Waals surface area contributed by atoms with Gasteiger partial charge in [0.2, 0.25) is 0 Å². The number of nitrogens with one attached hydrogen (secondary N) is 1. The molecule has 0 atom stereocenters. The maximum atomic E-state index is 14.3. The molecule has 1 fully saturated rings. The smallest absolute Gasteiger partial charge is 0.419 e. The number of likely N-dealkylation sites (N-methyl/N-ethyl adjacent to an activating group) is 1. The molecule has 2 aromatic heterocycles. The maximum Gasteiger partial charge on any atom is 0.419 e. The van der Waals surface area contributed by atoms with Crippen LogP contribution in [-0.4, -0.2) is 60.2 Å². The van der Waals surface area contributed by atoms with Crippen molar-refractivity contribution in [1.82, 2.24) is 19.9 Å². The second-order valence-corrected chi connectivity index (χ2v) is 9.22. The second-order valence-electron chi connectivity index (χ2n) is 9.22. The first-order chi connectivity index (χ1) is 18.8. The van der Waals surface area contributed by atoms with E-state index in [0.29, 0.717) is 28.4 Å². The van der Waals surface area contributed by atoms with Crippen LogP contribution >= 0.6 is 0 Å². The fourth-order valence-electron chi connectivity index (χ4n) is 4.65. The summed E-state index contributed by atoms with van der Waals surface area (Å²) in [4.78, 5) is 16.9. The quantitative estimate of drug-likeness (QED) is 0.343. The summed E-state index contributed by atoms with van der Waals surface area (Å²) in [6.07, 6.45) is -0.817. The van der Waals surface area contributed by atoms with Crippen LogP contribution in [0.25, 0.3) is 22.5 Å². The molecule has 0 unspecified atom stereocenters. The van der Waals surface area contributed by atoms with Crippen molar-refractivity contribution >= 4 is 22.9 Å². The van der Waals surface area contributed by atoms with Crippen molar-refractivity contribution in [3.05, 3.63) is 72.7 Å². The fourth-order valence-corrected chi connectivity index (χ4v) is 4.65. The highest BCUT2D eigenvalue weighted by atomic mass is 19.4. The summed E-state index contributed by atoms with van der Waals surface area (Å²) in [5, 5.41) is 3.00. The van der Waals surface area contributed by atoms with Crippen molar-refractivity contribution in [3.8, 4) is 28.3 Å². The van der Waals surface area contributed by atoms with E-state index in [-0.39, 0.29) is 17.1 Å². The van der Waals surface area contributed by atoms with E-state index in [1.807, 2.05) is 12.1 Å². The lowest BCUT2D eigenvalue weighted by molar-refractivity contribution is -0.137. The third-order valence-electron chi connectivity index (χ3n) is 6.73. The molecular weight excluding hydrogens is 507 g/mol. The minimum absolute atomic E-state index is 0.0652. The van der Waals surface area contributed by atoms with E-state index < -0.39 is 11.7 Å².